The minimum Gasteiger partial charge on any atom is -0.468 e. The van der Waals surface area contributed by atoms with E-state index >= 15 is 0 Å². The highest BCUT2D eigenvalue weighted by Crippen LogP contribution is 2.11. The first-order chi connectivity index (χ1) is 7.38. The Morgan fingerprint density at radius 1 is 1.60 bits per heavy atom. The van der Waals surface area contributed by atoms with Crippen LogP contribution in [0.3, 0.4) is 0 Å². The van der Waals surface area contributed by atoms with Crippen LogP contribution in [0.5, 0.6) is 0 Å². The second kappa shape index (κ2) is 7.26. The third kappa shape index (κ3) is 4.32. The molecule has 0 saturated heterocycles. The molecule has 0 spiro atoms. The smallest absolute Gasteiger partial charge is 0.123 e. The summed E-state index contributed by atoms with van der Waals surface area (Å²) in [4.78, 5) is 0. The van der Waals surface area contributed by atoms with Crippen LogP contribution in [0.1, 0.15) is 24.7 Å². The van der Waals surface area contributed by atoms with Crippen LogP contribution in [0.25, 0.3) is 0 Å². The van der Waals surface area contributed by atoms with Crippen LogP contribution < -0.4 is 5.32 Å². The van der Waals surface area contributed by atoms with E-state index in [0.717, 1.165) is 30.8 Å². The lowest BCUT2D eigenvalue weighted by atomic mass is 10.2. The molecule has 0 bridgehead atoms. The van der Waals surface area contributed by atoms with Crippen LogP contribution >= 0.6 is 0 Å². The van der Waals surface area contributed by atoms with Gasteiger partial charge in [0.2, 0.25) is 0 Å². The molecule has 1 heterocycles. The molecule has 3 nitrogen and oxygen atoms in total. The number of rotatable bonds is 8. The van der Waals surface area contributed by atoms with Gasteiger partial charge in [0.1, 0.15) is 5.76 Å². The van der Waals surface area contributed by atoms with Crippen LogP contribution in [0.4, 0.5) is 0 Å². The molecule has 1 aromatic rings. The highest BCUT2D eigenvalue weighted by molar-refractivity contribution is 5.15. The van der Waals surface area contributed by atoms with Gasteiger partial charge in [0.05, 0.1) is 26.0 Å². The molecule has 0 fully saturated rings. The van der Waals surface area contributed by atoms with Gasteiger partial charge in [0.15, 0.2) is 0 Å². The van der Waals surface area contributed by atoms with Gasteiger partial charge in [-0.15, -0.1) is 6.58 Å². The molecule has 0 aliphatic rings. The standard InChI is InChI=1S/C12H19NO2/c1-3-6-13-9-12-11(5-8-15-12)10-14-7-4-2/h4-5,8,13H,2-3,6-7,9-10H2,1H3. The van der Waals surface area contributed by atoms with Crippen molar-refractivity contribution in [3.05, 3.63) is 36.3 Å². The molecule has 0 aromatic carbocycles. The molecule has 0 atom stereocenters. The maximum atomic E-state index is 5.37. The molecule has 0 unspecified atom stereocenters. The van der Waals surface area contributed by atoms with Crippen LogP contribution in [0.2, 0.25) is 0 Å². The molecular formula is C12H19NO2. The summed E-state index contributed by atoms with van der Waals surface area (Å²) in [5.74, 6) is 0.965. The predicted octanol–water partition coefficient (Wildman–Crippen LogP) is 2.48. The summed E-state index contributed by atoms with van der Waals surface area (Å²) < 4.78 is 10.7. The van der Waals surface area contributed by atoms with Crippen molar-refractivity contribution < 1.29 is 9.15 Å². The Balaban J connectivity index is 2.35. The van der Waals surface area contributed by atoms with E-state index in [1.807, 2.05) is 6.07 Å². The number of hydrogen-bond donors (Lipinski definition) is 1. The monoisotopic (exact) mass is 209 g/mol. The van der Waals surface area contributed by atoms with E-state index in [4.69, 9.17) is 9.15 Å². The van der Waals surface area contributed by atoms with Crippen molar-refractivity contribution in [1.82, 2.24) is 5.32 Å². The maximum absolute atomic E-state index is 5.37. The highest BCUT2D eigenvalue weighted by atomic mass is 16.5. The van der Waals surface area contributed by atoms with Crippen molar-refractivity contribution in [2.45, 2.75) is 26.5 Å². The molecule has 1 rings (SSSR count). The minimum atomic E-state index is 0.576. The molecule has 0 saturated carbocycles. The molecule has 1 N–H and O–H groups in total. The van der Waals surface area contributed by atoms with E-state index in [-0.39, 0.29) is 0 Å². The zero-order valence-corrected chi connectivity index (χ0v) is 9.29. The first-order valence-corrected chi connectivity index (χ1v) is 5.33. The zero-order chi connectivity index (χ0) is 10.9. The Bertz CT molecular complexity index is 281. The van der Waals surface area contributed by atoms with Gasteiger partial charge in [-0.2, -0.15) is 0 Å². The number of hydrogen-bond acceptors (Lipinski definition) is 3. The summed E-state index contributed by atoms with van der Waals surface area (Å²) in [5.41, 5.74) is 1.11. The van der Waals surface area contributed by atoms with Crippen LogP contribution in [-0.4, -0.2) is 13.2 Å². The lowest BCUT2D eigenvalue weighted by molar-refractivity contribution is 0.147. The lowest BCUT2D eigenvalue weighted by Crippen LogP contribution is -2.14. The normalized spacial score (nSPS) is 10.5. The first kappa shape index (κ1) is 12.0. The summed E-state index contributed by atoms with van der Waals surface area (Å²) >= 11 is 0. The fourth-order valence-corrected chi connectivity index (χ4v) is 1.28. The zero-order valence-electron chi connectivity index (χ0n) is 9.29. The van der Waals surface area contributed by atoms with Gasteiger partial charge >= 0.3 is 0 Å². The van der Waals surface area contributed by atoms with E-state index < -0.39 is 0 Å². The largest absolute Gasteiger partial charge is 0.468 e. The van der Waals surface area contributed by atoms with Gasteiger partial charge in [-0.3, -0.25) is 0 Å². The topological polar surface area (TPSA) is 34.4 Å². The van der Waals surface area contributed by atoms with E-state index in [9.17, 15) is 0 Å². The number of nitrogens with one attached hydrogen (secondary N) is 1. The molecule has 3 heteroatoms. The Morgan fingerprint density at radius 3 is 3.20 bits per heavy atom. The first-order valence-electron chi connectivity index (χ1n) is 5.33. The van der Waals surface area contributed by atoms with Crippen LogP contribution in [-0.2, 0) is 17.9 Å². The van der Waals surface area contributed by atoms with Gasteiger partial charge in [-0.05, 0) is 19.0 Å². The molecule has 0 amide bonds. The van der Waals surface area contributed by atoms with Gasteiger partial charge in [0, 0.05) is 5.56 Å². The Morgan fingerprint density at radius 2 is 2.47 bits per heavy atom. The van der Waals surface area contributed by atoms with E-state index in [0.29, 0.717) is 13.2 Å². The van der Waals surface area contributed by atoms with E-state index in [1.165, 1.54) is 0 Å². The van der Waals surface area contributed by atoms with Crippen molar-refractivity contribution in [1.29, 1.82) is 0 Å². The lowest BCUT2D eigenvalue weighted by Gasteiger charge is -2.04. The average molecular weight is 209 g/mol. The van der Waals surface area contributed by atoms with Crippen molar-refractivity contribution in [3.8, 4) is 0 Å². The quantitative estimate of drug-likeness (QED) is 0.527. The third-order valence-corrected chi connectivity index (χ3v) is 2.04. The molecule has 0 aliphatic carbocycles. The summed E-state index contributed by atoms with van der Waals surface area (Å²) in [6.45, 7) is 8.69. The highest BCUT2D eigenvalue weighted by Gasteiger charge is 2.05. The molecule has 15 heavy (non-hydrogen) atoms. The van der Waals surface area contributed by atoms with E-state index in [1.54, 1.807) is 12.3 Å². The van der Waals surface area contributed by atoms with Gasteiger partial charge < -0.3 is 14.5 Å². The van der Waals surface area contributed by atoms with Gasteiger partial charge in [-0.25, -0.2) is 0 Å². The molecule has 0 aliphatic heterocycles. The van der Waals surface area contributed by atoms with Crippen LogP contribution in [0.15, 0.2) is 29.4 Å². The molecule has 84 valence electrons. The Hall–Kier alpha value is -1.06. The molecular weight excluding hydrogens is 190 g/mol. The van der Waals surface area contributed by atoms with E-state index in [2.05, 4.69) is 18.8 Å². The average Bonchev–Trinajstić information content (AvgIpc) is 2.67. The SMILES string of the molecule is C=CCOCc1ccoc1CNCCC. The molecule has 1 aromatic heterocycles. The summed E-state index contributed by atoms with van der Waals surface area (Å²) in [7, 11) is 0. The second-order valence-corrected chi connectivity index (χ2v) is 3.35. The maximum Gasteiger partial charge on any atom is 0.123 e. The predicted molar refractivity (Wildman–Crippen MR) is 60.6 cm³/mol. The number of ether oxygens (including phenoxy) is 1. The Labute approximate surface area is 91.1 Å². The van der Waals surface area contributed by atoms with Crippen molar-refractivity contribution in [3.63, 3.8) is 0 Å². The fraction of sp³-hybridized carbons (Fsp3) is 0.500. The number of furan rings is 1. The third-order valence-electron chi connectivity index (χ3n) is 2.04. The second-order valence-electron chi connectivity index (χ2n) is 3.35. The van der Waals surface area contributed by atoms with Crippen molar-refractivity contribution in [2.75, 3.05) is 13.2 Å². The minimum absolute atomic E-state index is 0.576. The van der Waals surface area contributed by atoms with Crippen LogP contribution in [0, 0.1) is 0 Å². The summed E-state index contributed by atoms with van der Waals surface area (Å²) in [6.07, 6.45) is 4.58. The molecule has 0 radical (unpaired) electrons. The summed E-state index contributed by atoms with van der Waals surface area (Å²) in [6, 6.07) is 1.95. The van der Waals surface area contributed by atoms with Gasteiger partial charge in [-0.1, -0.05) is 13.0 Å². The summed E-state index contributed by atoms with van der Waals surface area (Å²) in [5, 5.41) is 3.30. The fourth-order valence-electron chi connectivity index (χ4n) is 1.28. The van der Waals surface area contributed by atoms with Gasteiger partial charge in [0.25, 0.3) is 0 Å². The van der Waals surface area contributed by atoms with Crippen molar-refractivity contribution >= 4 is 0 Å². The Kier molecular flexibility index (Phi) is 5.81. The van der Waals surface area contributed by atoms with Crippen molar-refractivity contribution in [2.24, 2.45) is 0 Å².